The van der Waals surface area contributed by atoms with Gasteiger partial charge in [-0.25, -0.2) is 0 Å². The van der Waals surface area contributed by atoms with Crippen molar-refractivity contribution in [3.8, 4) is 0 Å². The van der Waals surface area contributed by atoms with Crippen LogP contribution in [0, 0.1) is 5.92 Å². The van der Waals surface area contributed by atoms with E-state index in [0.717, 1.165) is 58.4 Å². The van der Waals surface area contributed by atoms with Crippen LogP contribution in [0.1, 0.15) is 32.6 Å². The molecule has 1 atom stereocenters. The lowest BCUT2D eigenvalue weighted by molar-refractivity contribution is 0.0323. The predicted molar refractivity (Wildman–Crippen MR) is 83.0 cm³/mol. The van der Waals surface area contributed by atoms with Crippen molar-refractivity contribution in [3.63, 3.8) is 0 Å². The first kappa shape index (κ1) is 15.6. The van der Waals surface area contributed by atoms with Crippen molar-refractivity contribution >= 4 is 5.96 Å². The lowest BCUT2D eigenvalue weighted by atomic mass is 10.1. The van der Waals surface area contributed by atoms with Crippen molar-refractivity contribution in [3.05, 3.63) is 0 Å². The number of guanidine groups is 1. The maximum atomic E-state index is 6.14. The first-order valence-corrected chi connectivity index (χ1v) is 8.10. The first-order valence-electron chi connectivity index (χ1n) is 8.10. The molecule has 0 radical (unpaired) electrons. The van der Waals surface area contributed by atoms with E-state index >= 15 is 0 Å². The van der Waals surface area contributed by atoms with Crippen molar-refractivity contribution in [2.24, 2.45) is 16.6 Å². The van der Waals surface area contributed by atoms with Gasteiger partial charge in [0.1, 0.15) is 0 Å². The van der Waals surface area contributed by atoms with Crippen LogP contribution in [-0.2, 0) is 4.74 Å². The van der Waals surface area contributed by atoms with Gasteiger partial charge in [0.25, 0.3) is 0 Å². The third-order valence-electron chi connectivity index (χ3n) is 4.17. The third kappa shape index (κ3) is 5.29. The monoisotopic (exact) mass is 282 g/mol. The Morgan fingerprint density at radius 2 is 1.75 bits per heavy atom. The van der Waals surface area contributed by atoms with E-state index in [1.165, 1.54) is 25.7 Å². The van der Waals surface area contributed by atoms with Gasteiger partial charge < -0.3 is 15.4 Å². The summed E-state index contributed by atoms with van der Waals surface area (Å²) in [7, 11) is 0. The van der Waals surface area contributed by atoms with Gasteiger partial charge in [-0.3, -0.25) is 9.89 Å². The van der Waals surface area contributed by atoms with E-state index in [1.807, 2.05) is 0 Å². The Kier molecular flexibility index (Phi) is 6.60. The minimum absolute atomic E-state index is 0.554. The number of nitrogens with zero attached hydrogens (tertiary/aromatic N) is 3. The number of morpholine rings is 1. The average molecular weight is 282 g/mol. The van der Waals surface area contributed by atoms with Crippen LogP contribution in [0.5, 0.6) is 0 Å². The molecular weight excluding hydrogens is 252 g/mol. The molecule has 0 aliphatic carbocycles. The standard InChI is InChI=1S/C15H30N4O/c1-14(13-18-8-10-20-11-9-18)12-17-15(16)19-6-4-2-3-5-7-19/h14H,2-13H2,1H3,(H2,16,17). The highest BCUT2D eigenvalue weighted by Crippen LogP contribution is 2.09. The molecule has 116 valence electrons. The number of rotatable bonds is 4. The molecule has 2 saturated heterocycles. The Labute approximate surface area is 123 Å². The highest BCUT2D eigenvalue weighted by atomic mass is 16.5. The molecule has 0 aromatic rings. The summed E-state index contributed by atoms with van der Waals surface area (Å²) in [4.78, 5) is 9.34. The normalized spacial score (nSPS) is 24.4. The van der Waals surface area contributed by atoms with Crippen LogP contribution in [-0.4, -0.2) is 68.2 Å². The third-order valence-corrected chi connectivity index (χ3v) is 4.17. The summed E-state index contributed by atoms with van der Waals surface area (Å²) in [6.07, 6.45) is 5.16. The number of aliphatic imine (C=N–C) groups is 1. The molecule has 0 saturated carbocycles. The highest BCUT2D eigenvalue weighted by molar-refractivity contribution is 5.78. The molecule has 2 rings (SSSR count). The maximum Gasteiger partial charge on any atom is 0.191 e. The molecule has 0 amide bonds. The van der Waals surface area contributed by atoms with E-state index in [4.69, 9.17) is 10.5 Å². The molecule has 0 bridgehead atoms. The smallest absolute Gasteiger partial charge is 0.191 e. The highest BCUT2D eigenvalue weighted by Gasteiger charge is 2.14. The SMILES string of the molecule is CC(CN=C(N)N1CCCCCC1)CN1CCOCC1. The summed E-state index contributed by atoms with van der Waals surface area (Å²) >= 11 is 0. The summed E-state index contributed by atoms with van der Waals surface area (Å²) in [5.41, 5.74) is 6.14. The molecule has 2 fully saturated rings. The van der Waals surface area contributed by atoms with Gasteiger partial charge in [0.05, 0.1) is 13.2 Å². The lowest BCUT2D eigenvalue weighted by Gasteiger charge is -2.29. The summed E-state index contributed by atoms with van der Waals surface area (Å²) in [5, 5.41) is 0. The fourth-order valence-electron chi connectivity index (χ4n) is 2.93. The fourth-order valence-corrected chi connectivity index (χ4v) is 2.93. The second kappa shape index (κ2) is 8.47. The van der Waals surface area contributed by atoms with Gasteiger partial charge in [-0.05, 0) is 18.8 Å². The molecule has 2 heterocycles. The van der Waals surface area contributed by atoms with E-state index in [1.54, 1.807) is 0 Å². The Morgan fingerprint density at radius 3 is 2.40 bits per heavy atom. The van der Waals surface area contributed by atoms with Crippen molar-refractivity contribution in [2.75, 3.05) is 52.5 Å². The molecule has 5 nitrogen and oxygen atoms in total. The van der Waals surface area contributed by atoms with Crippen molar-refractivity contribution in [1.29, 1.82) is 0 Å². The zero-order valence-corrected chi connectivity index (χ0v) is 12.9. The number of ether oxygens (including phenoxy) is 1. The number of likely N-dealkylation sites (tertiary alicyclic amines) is 1. The minimum atomic E-state index is 0.554. The van der Waals surface area contributed by atoms with E-state index in [0.29, 0.717) is 5.92 Å². The van der Waals surface area contributed by atoms with Gasteiger partial charge in [0.2, 0.25) is 0 Å². The molecule has 5 heteroatoms. The maximum absolute atomic E-state index is 6.14. The van der Waals surface area contributed by atoms with Gasteiger partial charge in [-0.2, -0.15) is 0 Å². The van der Waals surface area contributed by atoms with Crippen LogP contribution in [0.2, 0.25) is 0 Å². The largest absolute Gasteiger partial charge is 0.379 e. The quantitative estimate of drug-likeness (QED) is 0.621. The van der Waals surface area contributed by atoms with Crippen molar-refractivity contribution < 1.29 is 4.74 Å². The summed E-state index contributed by atoms with van der Waals surface area (Å²) < 4.78 is 5.37. The van der Waals surface area contributed by atoms with Crippen LogP contribution in [0.15, 0.2) is 4.99 Å². The molecule has 0 spiro atoms. The topological polar surface area (TPSA) is 54.1 Å². The van der Waals surface area contributed by atoms with Gasteiger partial charge in [-0.1, -0.05) is 19.8 Å². The van der Waals surface area contributed by atoms with Gasteiger partial charge in [0, 0.05) is 39.3 Å². The van der Waals surface area contributed by atoms with E-state index < -0.39 is 0 Å². The first-order chi connectivity index (χ1) is 9.75. The predicted octanol–water partition coefficient (Wildman–Crippen LogP) is 1.15. The average Bonchev–Trinajstić information content (AvgIpc) is 2.75. The van der Waals surface area contributed by atoms with E-state index in [-0.39, 0.29) is 0 Å². The second-order valence-electron chi connectivity index (χ2n) is 6.12. The molecular formula is C15H30N4O. The zero-order valence-electron chi connectivity index (χ0n) is 12.9. The van der Waals surface area contributed by atoms with Crippen molar-refractivity contribution in [1.82, 2.24) is 9.80 Å². The van der Waals surface area contributed by atoms with Gasteiger partial charge in [-0.15, -0.1) is 0 Å². The Bertz CT molecular complexity index is 294. The van der Waals surface area contributed by atoms with Gasteiger partial charge >= 0.3 is 0 Å². The van der Waals surface area contributed by atoms with Gasteiger partial charge in [0.15, 0.2) is 5.96 Å². The molecule has 2 N–H and O–H groups in total. The van der Waals surface area contributed by atoms with Crippen LogP contribution < -0.4 is 5.73 Å². The summed E-state index contributed by atoms with van der Waals surface area (Å²) in [5.74, 6) is 1.30. The Hall–Kier alpha value is -0.810. The number of hydrogen-bond acceptors (Lipinski definition) is 3. The fraction of sp³-hybridized carbons (Fsp3) is 0.933. The van der Waals surface area contributed by atoms with E-state index in [2.05, 4.69) is 21.7 Å². The molecule has 0 aromatic heterocycles. The molecule has 1 unspecified atom stereocenters. The number of hydrogen-bond donors (Lipinski definition) is 1. The molecule has 0 aromatic carbocycles. The Balaban J connectivity index is 1.72. The summed E-state index contributed by atoms with van der Waals surface area (Å²) in [6.45, 7) is 10.2. The summed E-state index contributed by atoms with van der Waals surface area (Å²) in [6, 6.07) is 0. The molecule has 2 aliphatic rings. The molecule has 2 aliphatic heterocycles. The van der Waals surface area contributed by atoms with Crippen LogP contribution >= 0.6 is 0 Å². The second-order valence-corrected chi connectivity index (χ2v) is 6.12. The van der Waals surface area contributed by atoms with Crippen molar-refractivity contribution in [2.45, 2.75) is 32.6 Å². The lowest BCUT2D eigenvalue weighted by Crippen LogP contribution is -2.40. The Morgan fingerprint density at radius 1 is 1.10 bits per heavy atom. The van der Waals surface area contributed by atoms with Crippen LogP contribution in [0.4, 0.5) is 0 Å². The number of nitrogens with two attached hydrogens (primary N) is 1. The van der Waals surface area contributed by atoms with Crippen LogP contribution in [0.25, 0.3) is 0 Å². The minimum Gasteiger partial charge on any atom is -0.379 e. The zero-order chi connectivity index (χ0) is 14.2. The van der Waals surface area contributed by atoms with Crippen LogP contribution in [0.3, 0.4) is 0 Å². The molecule has 20 heavy (non-hydrogen) atoms. The van der Waals surface area contributed by atoms with E-state index in [9.17, 15) is 0 Å².